The van der Waals surface area contributed by atoms with E-state index in [0.717, 1.165) is 50.8 Å². The molecule has 1 amide bonds. The molecule has 0 aliphatic carbocycles. The lowest BCUT2D eigenvalue weighted by atomic mass is 10.1. The Morgan fingerprint density at radius 1 is 0.769 bits per heavy atom. The predicted molar refractivity (Wildman–Crippen MR) is 102 cm³/mol. The van der Waals surface area contributed by atoms with Crippen molar-refractivity contribution in [3.8, 4) is 0 Å². The van der Waals surface area contributed by atoms with E-state index in [0.29, 0.717) is 24.4 Å². The standard InChI is InChI=1S/C20H30N2O3S/c23-20(21-13-5-2-1-3-6-14-21)17-18-9-11-19(12-10-18)26(24,25)22-15-7-4-8-16-22/h9-12H,1-8,13-17H2. The molecule has 2 fully saturated rings. The van der Waals surface area contributed by atoms with E-state index in [2.05, 4.69) is 0 Å². The summed E-state index contributed by atoms with van der Waals surface area (Å²) in [5.74, 6) is 0.151. The molecule has 1 aromatic carbocycles. The maximum Gasteiger partial charge on any atom is 0.243 e. The zero-order valence-corrected chi connectivity index (χ0v) is 16.3. The van der Waals surface area contributed by atoms with Crippen LogP contribution in [0.2, 0.25) is 0 Å². The molecular weight excluding hydrogens is 348 g/mol. The van der Waals surface area contributed by atoms with E-state index in [1.165, 1.54) is 19.3 Å². The van der Waals surface area contributed by atoms with Crippen LogP contribution in [0.4, 0.5) is 0 Å². The van der Waals surface area contributed by atoms with E-state index >= 15 is 0 Å². The lowest BCUT2D eigenvalue weighted by Gasteiger charge is -2.26. The number of sulfonamides is 1. The molecule has 2 heterocycles. The molecule has 0 spiro atoms. The summed E-state index contributed by atoms with van der Waals surface area (Å²) in [7, 11) is -3.40. The molecule has 0 radical (unpaired) electrons. The zero-order chi connectivity index (χ0) is 18.4. The third kappa shape index (κ3) is 4.86. The van der Waals surface area contributed by atoms with Gasteiger partial charge in [-0.15, -0.1) is 0 Å². The largest absolute Gasteiger partial charge is 0.342 e. The van der Waals surface area contributed by atoms with Crippen LogP contribution in [-0.2, 0) is 21.2 Å². The minimum absolute atomic E-state index is 0.151. The molecule has 0 unspecified atom stereocenters. The SMILES string of the molecule is O=C(Cc1ccc(S(=O)(=O)N2CCCCC2)cc1)N1CCCCCCC1. The Hall–Kier alpha value is -1.40. The fourth-order valence-corrected chi connectivity index (χ4v) is 5.33. The van der Waals surface area contributed by atoms with E-state index < -0.39 is 10.0 Å². The minimum Gasteiger partial charge on any atom is -0.342 e. The third-order valence-electron chi connectivity index (χ3n) is 5.44. The quantitative estimate of drug-likeness (QED) is 0.808. The second-order valence-corrected chi connectivity index (χ2v) is 9.37. The second-order valence-electron chi connectivity index (χ2n) is 7.43. The van der Waals surface area contributed by atoms with Crippen LogP contribution in [0, 0.1) is 0 Å². The van der Waals surface area contributed by atoms with Crippen molar-refractivity contribution in [3.63, 3.8) is 0 Å². The lowest BCUT2D eigenvalue weighted by Crippen LogP contribution is -2.35. The Labute approximate surface area is 157 Å². The van der Waals surface area contributed by atoms with Crippen LogP contribution in [0.3, 0.4) is 0 Å². The van der Waals surface area contributed by atoms with Gasteiger partial charge in [-0.1, -0.05) is 37.8 Å². The first kappa shape index (κ1) is 19.4. The number of amides is 1. The van der Waals surface area contributed by atoms with Gasteiger partial charge in [-0.25, -0.2) is 8.42 Å². The first-order valence-corrected chi connectivity index (χ1v) is 11.4. The summed E-state index contributed by atoms with van der Waals surface area (Å²) in [5, 5.41) is 0. The fourth-order valence-electron chi connectivity index (χ4n) is 3.82. The van der Waals surface area contributed by atoms with Crippen molar-refractivity contribution in [3.05, 3.63) is 29.8 Å². The van der Waals surface area contributed by atoms with Crippen molar-refractivity contribution < 1.29 is 13.2 Å². The van der Waals surface area contributed by atoms with Crippen molar-refractivity contribution in [1.29, 1.82) is 0 Å². The molecule has 26 heavy (non-hydrogen) atoms. The summed E-state index contributed by atoms with van der Waals surface area (Å²) in [6, 6.07) is 6.89. The normalized spacial score (nSPS) is 20.4. The predicted octanol–water partition coefficient (Wildman–Crippen LogP) is 3.20. The van der Waals surface area contributed by atoms with Gasteiger partial charge in [-0.05, 0) is 43.4 Å². The average molecular weight is 379 g/mol. The molecule has 3 rings (SSSR count). The Kier molecular flexibility index (Phi) is 6.70. The summed E-state index contributed by atoms with van der Waals surface area (Å²) in [5.41, 5.74) is 0.884. The molecule has 0 saturated carbocycles. The molecule has 0 aromatic heterocycles. The van der Waals surface area contributed by atoms with Gasteiger partial charge in [0.25, 0.3) is 0 Å². The molecule has 2 aliphatic heterocycles. The van der Waals surface area contributed by atoms with Gasteiger partial charge < -0.3 is 4.90 Å². The van der Waals surface area contributed by atoms with Crippen LogP contribution < -0.4 is 0 Å². The van der Waals surface area contributed by atoms with Gasteiger partial charge >= 0.3 is 0 Å². The van der Waals surface area contributed by atoms with Crippen molar-refractivity contribution in [1.82, 2.24) is 9.21 Å². The minimum atomic E-state index is -3.40. The summed E-state index contributed by atoms with van der Waals surface area (Å²) in [4.78, 5) is 14.9. The monoisotopic (exact) mass is 378 g/mol. The number of likely N-dealkylation sites (tertiary alicyclic amines) is 1. The summed E-state index contributed by atoms with van der Waals surface area (Å²) in [6.07, 6.45) is 9.16. The average Bonchev–Trinajstić information content (AvgIpc) is 2.62. The maximum atomic E-state index is 12.7. The third-order valence-corrected chi connectivity index (χ3v) is 7.35. The van der Waals surface area contributed by atoms with Crippen molar-refractivity contribution in [2.24, 2.45) is 0 Å². The number of piperidine rings is 1. The van der Waals surface area contributed by atoms with Gasteiger partial charge in [0.1, 0.15) is 0 Å². The molecule has 0 atom stereocenters. The number of benzene rings is 1. The first-order chi connectivity index (χ1) is 12.6. The molecule has 0 bridgehead atoms. The van der Waals surface area contributed by atoms with Crippen molar-refractivity contribution >= 4 is 15.9 Å². The van der Waals surface area contributed by atoms with Gasteiger partial charge in [-0.3, -0.25) is 4.79 Å². The summed E-state index contributed by atoms with van der Waals surface area (Å²) in [6.45, 7) is 2.91. The van der Waals surface area contributed by atoms with Gasteiger partial charge in [0, 0.05) is 26.2 Å². The number of carbonyl (C=O) groups is 1. The Morgan fingerprint density at radius 2 is 1.27 bits per heavy atom. The molecule has 2 saturated heterocycles. The highest BCUT2D eigenvalue weighted by Gasteiger charge is 2.25. The van der Waals surface area contributed by atoms with E-state index in [1.807, 2.05) is 4.90 Å². The maximum absolute atomic E-state index is 12.7. The van der Waals surface area contributed by atoms with E-state index in [1.54, 1.807) is 28.6 Å². The number of rotatable bonds is 4. The summed E-state index contributed by atoms with van der Waals surface area (Å²) >= 11 is 0. The van der Waals surface area contributed by atoms with Crippen molar-refractivity contribution in [2.45, 2.75) is 62.7 Å². The second kappa shape index (κ2) is 9.00. The van der Waals surface area contributed by atoms with Crippen LogP contribution in [-0.4, -0.2) is 49.7 Å². The van der Waals surface area contributed by atoms with Gasteiger partial charge in [0.2, 0.25) is 15.9 Å². The van der Waals surface area contributed by atoms with Crippen LogP contribution >= 0.6 is 0 Å². The van der Waals surface area contributed by atoms with E-state index in [9.17, 15) is 13.2 Å². The number of nitrogens with zero attached hydrogens (tertiary/aromatic N) is 2. The topological polar surface area (TPSA) is 57.7 Å². The Bertz CT molecular complexity index is 686. The molecule has 2 aliphatic rings. The molecule has 1 aromatic rings. The highest BCUT2D eigenvalue weighted by atomic mass is 32.2. The number of hydrogen-bond donors (Lipinski definition) is 0. The van der Waals surface area contributed by atoms with Crippen LogP contribution in [0.25, 0.3) is 0 Å². The lowest BCUT2D eigenvalue weighted by molar-refractivity contribution is -0.130. The Balaban J connectivity index is 1.62. The molecule has 144 valence electrons. The van der Waals surface area contributed by atoms with E-state index in [-0.39, 0.29) is 5.91 Å². The molecule has 6 heteroatoms. The van der Waals surface area contributed by atoms with Crippen LogP contribution in [0.15, 0.2) is 29.2 Å². The van der Waals surface area contributed by atoms with Gasteiger partial charge in [0.15, 0.2) is 0 Å². The van der Waals surface area contributed by atoms with E-state index in [4.69, 9.17) is 0 Å². The molecular formula is C20H30N2O3S. The van der Waals surface area contributed by atoms with Crippen LogP contribution in [0.5, 0.6) is 0 Å². The van der Waals surface area contributed by atoms with Crippen molar-refractivity contribution in [2.75, 3.05) is 26.2 Å². The summed E-state index contributed by atoms with van der Waals surface area (Å²) < 4.78 is 27.0. The molecule has 5 nitrogen and oxygen atoms in total. The fraction of sp³-hybridized carbons (Fsp3) is 0.650. The first-order valence-electron chi connectivity index (χ1n) is 9.94. The number of hydrogen-bond acceptors (Lipinski definition) is 3. The Morgan fingerprint density at radius 3 is 1.88 bits per heavy atom. The van der Waals surface area contributed by atoms with Gasteiger partial charge in [-0.2, -0.15) is 4.31 Å². The van der Waals surface area contributed by atoms with Crippen LogP contribution in [0.1, 0.15) is 56.9 Å². The molecule has 0 N–H and O–H groups in total. The smallest absolute Gasteiger partial charge is 0.243 e. The highest BCUT2D eigenvalue weighted by Crippen LogP contribution is 2.21. The van der Waals surface area contributed by atoms with Gasteiger partial charge in [0.05, 0.1) is 11.3 Å². The zero-order valence-electron chi connectivity index (χ0n) is 15.5. The highest BCUT2D eigenvalue weighted by molar-refractivity contribution is 7.89. The number of carbonyl (C=O) groups excluding carboxylic acids is 1.